The molecule has 0 fully saturated rings. The summed E-state index contributed by atoms with van der Waals surface area (Å²) in [7, 11) is 1.64. The number of anilines is 1. The molecule has 0 saturated heterocycles. The maximum atomic E-state index is 13.0. The summed E-state index contributed by atoms with van der Waals surface area (Å²) in [5.74, 6) is 0.632. The quantitative estimate of drug-likeness (QED) is 0.242. The monoisotopic (exact) mass is 497 g/mol. The summed E-state index contributed by atoms with van der Waals surface area (Å²) in [6, 6.07) is 28.1. The first-order valence-corrected chi connectivity index (χ1v) is 12.9. The molecular weight excluding hydrogens is 474 g/mol. The van der Waals surface area contributed by atoms with Gasteiger partial charge in [0.05, 0.1) is 28.6 Å². The van der Waals surface area contributed by atoms with E-state index >= 15 is 0 Å². The first-order valence-electron chi connectivity index (χ1n) is 11.1. The fraction of sp³-hybridized carbons (Fsp3) is 0.107. The molecule has 3 aromatic carbocycles. The molecule has 1 N–H and O–H groups in total. The van der Waals surface area contributed by atoms with Gasteiger partial charge in [0.15, 0.2) is 5.13 Å². The zero-order valence-corrected chi connectivity index (χ0v) is 20.9. The summed E-state index contributed by atoms with van der Waals surface area (Å²) in [6.07, 6.45) is 0. The van der Waals surface area contributed by atoms with Crippen LogP contribution in [0.3, 0.4) is 0 Å². The number of fused-ring (bicyclic) bond motifs is 1. The van der Waals surface area contributed by atoms with Gasteiger partial charge in [0.1, 0.15) is 5.75 Å². The topological polar surface area (TPSA) is 64.1 Å². The lowest BCUT2D eigenvalue weighted by Gasteiger charge is -2.14. The highest BCUT2D eigenvalue weighted by Gasteiger charge is 2.19. The van der Waals surface area contributed by atoms with E-state index in [1.54, 1.807) is 7.11 Å². The Kier molecular flexibility index (Phi) is 6.79. The van der Waals surface area contributed by atoms with Crippen molar-refractivity contribution in [3.63, 3.8) is 0 Å². The van der Waals surface area contributed by atoms with Crippen molar-refractivity contribution in [2.24, 2.45) is 0 Å². The fourth-order valence-corrected chi connectivity index (χ4v) is 5.33. The van der Waals surface area contributed by atoms with Crippen LogP contribution in [0, 0.1) is 0 Å². The van der Waals surface area contributed by atoms with Gasteiger partial charge in [-0.15, -0.1) is 11.3 Å². The van der Waals surface area contributed by atoms with Crippen LogP contribution in [0.1, 0.15) is 6.92 Å². The van der Waals surface area contributed by atoms with E-state index in [1.807, 2.05) is 79.0 Å². The Labute approximate surface area is 212 Å². The number of nitrogens with zero attached hydrogens (tertiary/aromatic N) is 2. The highest BCUT2D eigenvalue weighted by Crippen LogP contribution is 2.35. The third-order valence-electron chi connectivity index (χ3n) is 5.55. The predicted molar refractivity (Wildman–Crippen MR) is 145 cm³/mol. The van der Waals surface area contributed by atoms with Gasteiger partial charge in [-0.25, -0.2) is 9.97 Å². The van der Waals surface area contributed by atoms with Crippen molar-refractivity contribution in [1.29, 1.82) is 0 Å². The SMILES string of the molecule is COc1ccc2c(-c3ccccc3)cc(SC(C)C(=O)Nc3nc(-c4ccccc4)cs3)nc2c1. The summed E-state index contributed by atoms with van der Waals surface area (Å²) in [5, 5.41) is 6.94. The van der Waals surface area contributed by atoms with Crippen molar-refractivity contribution in [3.05, 3.63) is 90.3 Å². The molecule has 5 nitrogen and oxygen atoms in total. The minimum atomic E-state index is -0.363. The van der Waals surface area contributed by atoms with Crippen LogP contribution in [0.2, 0.25) is 0 Å². The van der Waals surface area contributed by atoms with Gasteiger partial charge < -0.3 is 10.1 Å². The lowest BCUT2D eigenvalue weighted by molar-refractivity contribution is -0.115. The molecular formula is C28H23N3O2S2. The van der Waals surface area contributed by atoms with Crippen LogP contribution in [-0.2, 0) is 4.79 Å². The maximum absolute atomic E-state index is 13.0. The number of amides is 1. The summed E-state index contributed by atoms with van der Waals surface area (Å²) < 4.78 is 5.41. The number of carbonyl (C=O) groups excluding carboxylic acids is 1. The molecule has 1 unspecified atom stereocenters. The van der Waals surface area contributed by atoms with E-state index < -0.39 is 0 Å². The van der Waals surface area contributed by atoms with Crippen LogP contribution in [-0.4, -0.2) is 28.2 Å². The number of aromatic nitrogens is 2. The van der Waals surface area contributed by atoms with E-state index in [9.17, 15) is 4.79 Å². The van der Waals surface area contributed by atoms with Gasteiger partial charge in [0, 0.05) is 22.4 Å². The Balaban J connectivity index is 1.38. The normalized spacial score (nSPS) is 11.8. The molecule has 5 rings (SSSR count). The molecule has 5 aromatic rings. The number of hydrogen-bond donors (Lipinski definition) is 1. The summed E-state index contributed by atoms with van der Waals surface area (Å²) in [6.45, 7) is 1.88. The third-order valence-corrected chi connectivity index (χ3v) is 7.32. The van der Waals surface area contributed by atoms with Crippen LogP contribution in [0.5, 0.6) is 5.75 Å². The Bertz CT molecular complexity index is 1470. The highest BCUT2D eigenvalue weighted by molar-refractivity contribution is 8.00. The minimum Gasteiger partial charge on any atom is -0.497 e. The number of thiazole rings is 1. The number of rotatable bonds is 7. The van der Waals surface area contributed by atoms with Crippen molar-refractivity contribution in [2.75, 3.05) is 12.4 Å². The van der Waals surface area contributed by atoms with Crippen LogP contribution in [0.4, 0.5) is 5.13 Å². The summed E-state index contributed by atoms with van der Waals surface area (Å²) in [5.41, 5.74) is 4.87. The molecule has 0 aliphatic heterocycles. The van der Waals surface area contributed by atoms with Crippen molar-refractivity contribution in [1.82, 2.24) is 9.97 Å². The van der Waals surface area contributed by atoms with E-state index in [-0.39, 0.29) is 11.2 Å². The van der Waals surface area contributed by atoms with Gasteiger partial charge in [-0.3, -0.25) is 4.79 Å². The van der Waals surface area contributed by atoms with Gasteiger partial charge in [-0.1, -0.05) is 72.4 Å². The Hall–Kier alpha value is -3.68. The number of benzene rings is 3. The lowest BCUT2D eigenvalue weighted by atomic mass is 10.0. The predicted octanol–water partition coefficient (Wildman–Crippen LogP) is 7.15. The van der Waals surface area contributed by atoms with E-state index in [0.717, 1.165) is 44.1 Å². The van der Waals surface area contributed by atoms with Gasteiger partial charge in [0.2, 0.25) is 5.91 Å². The van der Waals surface area contributed by atoms with Crippen LogP contribution < -0.4 is 10.1 Å². The summed E-state index contributed by atoms with van der Waals surface area (Å²) >= 11 is 2.84. The van der Waals surface area contributed by atoms with Gasteiger partial charge in [0.25, 0.3) is 0 Å². The largest absolute Gasteiger partial charge is 0.497 e. The van der Waals surface area contributed by atoms with Crippen molar-refractivity contribution >= 4 is 45.0 Å². The molecule has 0 aliphatic carbocycles. The first kappa shape index (κ1) is 23.1. The molecule has 1 atom stereocenters. The zero-order valence-electron chi connectivity index (χ0n) is 19.3. The molecule has 0 aliphatic rings. The maximum Gasteiger partial charge on any atom is 0.239 e. The van der Waals surface area contributed by atoms with E-state index in [1.165, 1.54) is 23.1 Å². The number of carbonyl (C=O) groups is 1. The Morgan fingerprint density at radius 3 is 2.37 bits per heavy atom. The van der Waals surface area contributed by atoms with Crippen molar-refractivity contribution in [2.45, 2.75) is 17.2 Å². The van der Waals surface area contributed by atoms with Gasteiger partial charge >= 0.3 is 0 Å². The molecule has 1 amide bonds. The molecule has 174 valence electrons. The number of hydrogen-bond acceptors (Lipinski definition) is 6. The van der Waals surface area contributed by atoms with Gasteiger partial charge in [-0.05, 0) is 36.2 Å². The smallest absolute Gasteiger partial charge is 0.239 e. The standard InChI is InChI=1S/C28H23N3O2S2/c1-18(27(32)31-28-30-25(17-34-28)20-11-7-4-8-12-20)35-26-16-23(19-9-5-3-6-10-19)22-14-13-21(33-2)15-24(22)29-26/h3-18H,1-2H3,(H,30,31,32). The Morgan fingerprint density at radius 1 is 0.943 bits per heavy atom. The van der Waals surface area contributed by atoms with Crippen molar-refractivity contribution in [3.8, 4) is 28.1 Å². The molecule has 35 heavy (non-hydrogen) atoms. The number of thioether (sulfide) groups is 1. The van der Waals surface area contributed by atoms with E-state index in [4.69, 9.17) is 9.72 Å². The zero-order chi connectivity index (χ0) is 24.2. The fourth-order valence-electron chi connectivity index (χ4n) is 3.74. The second-order valence-electron chi connectivity index (χ2n) is 7.91. The molecule has 7 heteroatoms. The molecule has 2 heterocycles. The number of nitrogens with one attached hydrogen (secondary N) is 1. The highest BCUT2D eigenvalue weighted by atomic mass is 32.2. The van der Waals surface area contributed by atoms with E-state index in [0.29, 0.717) is 5.13 Å². The molecule has 2 aromatic heterocycles. The minimum absolute atomic E-state index is 0.113. The van der Waals surface area contributed by atoms with Crippen LogP contribution in [0.15, 0.2) is 95.3 Å². The Morgan fingerprint density at radius 2 is 1.66 bits per heavy atom. The first-order chi connectivity index (χ1) is 17.1. The van der Waals surface area contributed by atoms with Crippen molar-refractivity contribution < 1.29 is 9.53 Å². The average molecular weight is 498 g/mol. The second-order valence-corrected chi connectivity index (χ2v) is 10.1. The average Bonchev–Trinajstić information content (AvgIpc) is 3.37. The van der Waals surface area contributed by atoms with Crippen LogP contribution >= 0.6 is 23.1 Å². The number of methoxy groups -OCH3 is 1. The number of pyridine rings is 1. The van der Waals surface area contributed by atoms with Gasteiger partial charge in [-0.2, -0.15) is 0 Å². The second kappa shape index (κ2) is 10.3. The molecule has 0 bridgehead atoms. The lowest BCUT2D eigenvalue weighted by Crippen LogP contribution is -2.22. The van der Waals surface area contributed by atoms with E-state index in [2.05, 4.69) is 28.5 Å². The molecule has 0 radical (unpaired) electrons. The summed E-state index contributed by atoms with van der Waals surface area (Å²) in [4.78, 5) is 22.4. The number of ether oxygens (including phenoxy) is 1. The molecule has 0 spiro atoms. The third kappa shape index (κ3) is 5.21. The molecule has 0 saturated carbocycles. The van der Waals surface area contributed by atoms with Crippen LogP contribution in [0.25, 0.3) is 33.3 Å².